The van der Waals surface area contributed by atoms with Crippen molar-refractivity contribution in [1.29, 1.82) is 0 Å². The molecule has 2 aromatic rings. The predicted octanol–water partition coefficient (Wildman–Crippen LogP) is 2.54. The van der Waals surface area contributed by atoms with Gasteiger partial charge in [-0.3, -0.25) is 9.59 Å². The first kappa shape index (κ1) is 17.6. The highest BCUT2D eigenvalue weighted by Crippen LogP contribution is 2.22. The number of nitrogens with zero attached hydrogens (tertiary/aromatic N) is 3. The van der Waals surface area contributed by atoms with Crippen molar-refractivity contribution in [2.24, 2.45) is 0 Å². The first-order chi connectivity index (χ1) is 12.0. The number of benzene rings is 1. The van der Waals surface area contributed by atoms with Gasteiger partial charge in [0, 0.05) is 39.5 Å². The summed E-state index contributed by atoms with van der Waals surface area (Å²) in [6.45, 7) is 5.88. The van der Waals surface area contributed by atoms with E-state index in [-0.39, 0.29) is 11.8 Å². The molecule has 25 heavy (non-hydrogen) atoms. The van der Waals surface area contributed by atoms with Gasteiger partial charge in [-0.25, -0.2) is 4.98 Å². The molecule has 2 heterocycles. The number of carbonyl (C=O) groups is 2. The number of aromatic nitrogens is 1. The molecule has 0 saturated carbocycles. The third-order valence-corrected chi connectivity index (χ3v) is 5.72. The molecule has 1 fully saturated rings. The lowest BCUT2D eigenvalue weighted by molar-refractivity contribution is -0.130. The Balaban J connectivity index is 1.62. The van der Waals surface area contributed by atoms with Gasteiger partial charge in [0.15, 0.2) is 0 Å². The van der Waals surface area contributed by atoms with Crippen LogP contribution >= 0.6 is 11.3 Å². The van der Waals surface area contributed by atoms with Gasteiger partial charge >= 0.3 is 0 Å². The van der Waals surface area contributed by atoms with E-state index in [1.165, 1.54) is 16.9 Å². The molecule has 1 aliphatic rings. The van der Waals surface area contributed by atoms with E-state index in [1.54, 1.807) is 11.8 Å². The Morgan fingerprint density at radius 2 is 1.68 bits per heavy atom. The zero-order valence-corrected chi connectivity index (χ0v) is 15.5. The van der Waals surface area contributed by atoms with Crippen LogP contribution in [0.25, 0.3) is 0 Å². The molecule has 0 spiro atoms. The summed E-state index contributed by atoms with van der Waals surface area (Å²) in [5, 5.41) is 1.01. The van der Waals surface area contributed by atoms with Crippen LogP contribution in [0.1, 0.15) is 32.9 Å². The second-order valence-electron chi connectivity index (χ2n) is 6.31. The van der Waals surface area contributed by atoms with E-state index < -0.39 is 0 Å². The first-order valence-electron chi connectivity index (χ1n) is 8.59. The molecular formula is C19H23N3O2S. The number of hydrogen-bond donors (Lipinski definition) is 0. The molecule has 6 heteroatoms. The van der Waals surface area contributed by atoms with Crippen LogP contribution in [-0.4, -0.2) is 52.8 Å². The van der Waals surface area contributed by atoms with Crippen LogP contribution in [-0.2, 0) is 17.6 Å². The summed E-state index contributed by atoms with van der Waals surface area (Å²) >= 11 is 1.50. The second kappa shape index (κ2) is 7.78. The third kappa shape index (κ3) is 4.25. The summed E-state index contributed by atoms with van der Waals surface area (Å²) in [5.74, 6) is 0.119. The molecule has 5 nitrogen and oxygen atoms in total. The lowest BCUT2D eigenvalue weighted by atomic mass is 10.1. The highest BCUT2D eigenvalue weighted by molar-refractivity contribution is 7.13. The van der Waals surface area contributed by atoms with E-state index in [2.05, 4.69) is 17.1 Å². The normalized spacial score (nSPS) is 14.6. The van der Waals surface area contributed by atoms with Gasteiger partial charge in [-0.05, 0) is 18.9 Å². The summed E-state index contributed by atoms with van der Waals surface area (Å²) in [6.07, 6.45) is 1.78. The lowest BCUT2D eigenvalue weighted by Crippen LogP contribution is -2.50. The summed E-state index contributed by atoms with van der Waals surface area (Å²) in [7, 11) is 0. The first-order valence-corrected chi connectivity index (χ1v) is 9.41. The van der Waals surface area contributed by atoms with E-state index in [0.29, 0.717) is 26.2 Å². The van der Waals surface area contributed by atoms with E-state index in [9.17, 15) is 9.59 Å². The average Bonchev–Trinajstić information content (AvgIpc) is 3.01. The van der Waals surface area contributed by atoms with Gasteiger partial charge in [0.2, 0.25) is 5.91 Å². The lowest BCUT2D eigenvalue weighted by Gasteiger charge is -2.34. The highest BCUT2D eigenvalue weighted by atomic mass is 32.1. The Hall–Kier alpha value is -2.21. The Morgan fingerprint density at radius 1 is 1.04 bits per heavy atom. The van der Waals surface area contributed by atoms with Crippen LogP contribution in [0.5, 0.6) is 0 Å². The fourth-order valence-electron chi connectivity index (χ4n) is 3.02. The predicted molar refractivity (Wildman–Crippen MR) is 98.9 cm³/mol. The van der Waals surface area contributed by atoms with Crippen molar-refractivity contribution >= 4 is 23.2 Å². The monoisotopic (exact) mass is 357 g/mol. The summed E-state index contributed by atoms with van der Waals surface area (Å²) in [6, 6.07) is 10.3. The zero-order valence-electron chi connectivity index (χ0n) is 14.7. The number of aryl methyl sites for hydroxylation is 3. The topological polar surface area (TPSA) is 53.5 Å². The molecule has 132 valence electrons. The third-order valence-electron chi connectivity index (χ3n) is 4.52. The zero-order chi connectivity index (χ0) is 17.8. The van der Waals surface area contributed by atoms with Gasteiger partial charge < -0.3 is 9.80 Å². The highest BCUT2D eigenvalue weighted by Gasteiger charge is 2.26. The van der Waals surface area contributed by atoms with E-state index in [1.807, 2.05) is 30.0 Å². The quantitative estimate of drug-likeness (QED) is 0.845. The van der Waals surface area contributed by atoms with Crippen molar-refractivity contribution in [3.8, 4) is 0 Å². The van der Waals surface area contributed by atoms with Crippen LogP contribution in [0.15, 0.2) is 30.3 Å². The molecule has 0 atom stereocenters. The van der Waals surface area contributed by atoms with Gasteiger partial charge in [-0.2, -0.15) is 0 Å². The fraction of sp³-hybridized carbons (Fsp3) is 0.421. The van der Waals surface area contributed by atoms with E-state index in [4.69, 9.17) is 0 Å². The van der Waals surface area contributed by atoms with Crippen LogP contribution in [0.2, 0.25) is 0 Å². The van der Waals surface area contributed by atoms with E-state index in [0.717, 1.165) is 28.4 Å². The van der Waals surface area contributed by atoms with Crippen molar-refractivity contribution < 1.29 is 9.59 Å². The maximum Gasteiger partial charge on any atom is 0.265 e. The van der Waals surface area contributed by atoms with Crippen LogP contribution < -0.4 is 0 Å². The minimum Gasteiger partial charge on any atom is -0.339 e. The van der Waals surface area contributed by atoms with Crippen LogP contribution in [0.4, 0.5) is 0 Å². The average molecular weight is 357 g/mol. The minimum absolute atomic E-state index is 0.0455. The number of rotatable bonds is 4. The van der Waals surface area contributed by atoms with Crippen molar-refractivity contribution in [3.63, 3.8) is 0 Å². The summed E-state index contributed by atoms with van der Waals surface area (Å²) < 4.78 is 0. The Bertz CT molecular complexity index is 749. The molecule has 2 amide bonds. The minimum atomic E-state index is 0.0455. The van der Waals surface area contributed by atoms with Crippen LogP contribution in [0.3, 0.4) is 0 Å². The number of thiazole rings is 1. The standard InChI is InChI=1S/C19H23N3O2S/c1-14-18(19(24)22-12-10-21(11-13-22)15(2)23)25-17(20-14)9-8-16-6-4-3-5-7-16/h3-7H,8-13H2,1-2H3. The maximum absolute atomic E-state index is 12.8. The molecule has 3 rings (SSSR count). The van der Waals surface area contributed by atoms with Crippen molar-refractivity contribution in [2.75, 3.05) is 26.2 Å². The maximum atomic E-state index is 12.8. The number of piperazine rings is 1. The number of carbonyl (C=O) groups excluding carboxylic acids is 2. The molecule has 0 N–H and O–H groups in total. The van der Waals surface area contributed by atoms with Gasteiger partial charge in [-0.15, -0.1) is 11.3 Å². The second-order valence-corrected chi connectivity index (χ2v) is 7.39. The Labute approximate surface area is 152 Å². The molecular weight excluding hydrogens is 334 g/mol. The largest absolute Gasteiger partial charge is 0.339 e. The fourth-order valence-corrected chi connectivity index (χ4v) is 4.05. The summed E-state index contributed by atoms with van der Waals surface area (Å²) in [4.78, 5) is 33.1. The number of hydrogen-bond acceptors (Lipinski definition) is 4. The molecule has 0 bridgehead atoms. The number of amides is 2. The SMILES string of the molecule is CC(=O)N1CCN(C(=O)c2sc(CCc3ccccc3)nc2C)CC1. The van der Waals surface area contributed by atoms with Crippen molar-refractivity contribution in [2.45, 2.75) is 26.7 Å². The molecule has 0 unspecified atom stereocenters. The molecule has 0 radical (unpaired) electrons. The van der Waals surface area contributed by atoms with Crippen molar-refractivity contribution in [3.05, 3.63) is 51.5 Å². The summed E-state index contributed by atoms with van der Waals surface area (Å²) in [5.41, 5.74) is 2.09. The van der Waals surface area contributed by atoms with Gasteiger partial charge in [0.05, 0.1) is 10.7 Å². The Kier molecular flexibility index (Phi) is 5.48. The van der Waals surface area contributed by atoms with Crippen molar-refractivity contribution in [1.82, 2.24) is 14.8 Å². The molecule has 1 aliphatic heterocycles. The van der Waals surface area contributed by atoms with Crippen LogP contribution in [0, 0.1) is 6.92 Å². The van der Waals surface area contributed by atoms with Gasteiger partial charge in [0.1, 0.15) is 4.88 Å². The Morgan fingerprint density at radius 3 is 2.32 bits per heavy atom. The molecule has 1 aromatic heterocycles. The molecule has 0 aliphatic carbocycles. The van der Waals surface area contributed by atoms with Gasteiger partial charge in [0.25, 0.3) is 5.91 Å². The molecule has 1 saturated heterocycles. The molecule has 1 aromatic carbocycles. The van der Waals surface area contributed by atoms with Gasteiger partial charge in [-0.1, -0.05) is 30.3 Å². The smallest absolute Gasteiger partial charge is 0.265 e. The van der Waals surface area contributed by atoms with E-state index >= 15 is 0 Å².